The van der Waals surface area contributed by atoms with Crippen molar-refractivity contribution in [2.75, 3.05) is 6.54 Å². The molecule has 0 spiro atoms. The van der Waals surface area contributed by atoms with E-state index in [-0.39, 0.29) is 11.2 Å². The Bertz CT molecular complexity index is 877. The van der Waals surface area contributed by atoms with Crippen molar-refractivity contribution in [1.29, 1.82) is 0 Å². The van der Waals surface area contributed by atoms with Crippen LogP contribution >= 0.6 is 23.1 Å². The van der Waals surface area contributed by atoms with Gasteiger partial charge in [0.2, 0.25) is 5.91 Å². The minimum absolute atomic E-state index is 0.0507. The van der Waals surface area contributed by atoms with Crippen molar-refractivity contribution in [1.82, 2.24) is 15.3 Å². The Hall–Kier alpha value is -1.92. The molecule has 3 rings (SSSR count). The molecule has 1 amide bonds. The van der Waals surface area contributed by atoms with E-state index in [9.17, 15) is 4.79 Å². The third kappa shape index (κ3) is 4.19. The summed E-state index contributed by atoms with van der Waals surface area (Å²) in [7, 11) is 0. The van der Waals surface area contributed by atoms with Crippen LogP contribution in [-0.2, 0) is 4.79 Å². The smallest absolute Gasteiger partial charge is 0.233 e. The largest absolute Gasteiger partial charge is 0.355 e. The number of fused-ring (bicyclic) bond motifs is 1. The number of hydrogen-bond donors (Lipinski definition) is 1. The average Bonchev–Trinajstić information content (AvgIpc) is 3.04. The lowest BCUT2D eigenvalue weighted by atomic mass is 10.2. The number of nitrogens with zero attached hydrogens (tertiary/aromatic N) is 2. The Labute approximate surface area is 156 Å². The van der Waals surface area contributed by atoms with Crippen LogP contribution in [-0.4, -0.2) is 27.7 Å². The third-order valence-electron chi connectivity index (χ3n) is 3.73. The van der Waals surface area contributed by atoms with Gasteiger partial charge in [-0.05, 0) is 31.9 Å². The van der Waals surface area contributed by atoms with Crippen LogP contribution in [0.2, 0.25) is 0 Å². The number of aromatic nitrogens is 2. The van der Waals surface area contributed by atoms with Gasteiger partial charge in [0.25, 0.3) is 0 Å². The number of nitrogens with one attached hydrogen (secondary N) is 1. The molecule has 0 fully saturated rings. The van der Waals surface area contributed by atoms with Crippen molar-refractivity contribution in [2.24, 2.45) is 0 Å². The lowest BCUT2D eigenvalue weighted by molar-refractivity contribution is -0.120. The van der Waals surface area contributed by atoms with Gasteiger partial charge in [0, 0.05) is 16.8 Å². The molecular formula is C19H21N3OS2. The van der Waals surface area contributed by atoms with Crippen molar-refractivity contribution < 1.29 is 4.79 Å². The van der Waals surface area contributed by atoms with Gasteiger partial charge >= 0.3 is 0 Å². The van der Waals surface area contributed by atoms with E-state index in [4.69, 9.17) is 0 Å². The van der Waals surface area contributed by atoms with E-state index < -0.39 is 0 Å². The van der Waals surface area contributed by atoms with E-state index in [0.717, 1.165) is 27.5 Å². The first-order valence-corrected chi connectivity index (χ1v) is 10.1. The zero-order valence-electron chi connectivity index (χ0n) is 14.6. The summed E-state index contributed by atoms with van der Waals surface area (Å²) < 4.78 is 0. The molecule has 0 aliphatic heterocycles. The summed E-state index contributed by atoms with van der Waals surface area (Å²) in [5, 5.41) is 4.65. The van der Waals surface area contributed by atoms with E-state index in [2.05, 4.69) is 33.5 Å². The van der Waals surface area contributed by atoms with Crippen LogP contribution in [0.1, 0.15) is 26.1 Å². The van der Waals surface area contributed by atoms with Gasteiger partial charge in [-0.2, -0.15) is 0 Å². The third-order valence-corrected chi connectivity index (χ3v) is 5.91. The molecule has 0 aliphatic rings. The molecule has 0 bridgehead atoms. The predicted octanol–water partition coefficient (Wildman–Crippen LogP) is 4.67. The van der Waals surface area contributed by atoms with E-state index in [1.807, 2.05) is 39.0 Å². The zero-order chi connectivity index (χ0) is 17.8. The van der Waals surface area contributed by atoms with E-state index in [0.29, 0.717) is 6.54 Å². The van der Waals surface area contributed by atoms with Crippen LogP contribution in [0.25, 0.3) is 20.7 Å². The minimum atomic E-state index is -0.191. The number of amides is 1. The van der Waals surface area contributed by atoms with Crippen molar-refractivity contribution in [3.05, 3.63) is 42.2 Å². The molecule has 0 unspecified atom stereocenters. The highest BCUT2D eigenvalue weighted by Crippen LogP contribution is 2.37. The van der Waals surface area contributed by atoms with Gasteiger partial charge in [-0.25, -0.2) is 9.97 Å². The van der Waals surface area contributed by atoms with Crippen molar-refractivity contribution in [3.8, 4) is 10.4 Å². The number of carbonyl (C=O) groups is 1. The van der Waals surface area contributed by atoms with Crippen LogP contribution in [0.3, 0.4) is 0 Å². The summed E-state index contributed by atoms with van der Waals surface area (Å²) in [6.45, 7) is 6.57. The summed E-state index contributed by atoms with van der Waals surface area (Å²) in [4.78, 5) is 23.5. The highest BCUT2D eigenvalue weighted by Gasteiger charge is 2.18. The normalized spacial score (nSPS) is 12.3. The van der Waals surface area contributed by atoms with Gasteiger partial charge in [0.05, 0.1) is 5.25 Å². The van der Waals surface area contributed by atoms with Crippen LogP contribution in [0.4, 0.5) is 0 Å². The maximum Gasteiger partial charge on any atom is 0.233 e. The van der Waals surface area contributed by atoms with Crippen LogP contribution in [0, 0.1) is 6.92 Å². The molecule has 130 valence electrons. The molecule has 4 nitrogen and oxygen atoms in total. The number of aryl methyl sites for hydroxylation is 1. The topological polar surface area (TPSA) is 54.9 Å². The molecule has 0 aliphatic carbocycles. The molecule has 25 heavy (non-hydrogen) atoms. The SMILES string of the molecule is CCCNC(=O)[C@@H](C)Sc1nc(C)nc2sc(-c3ccccc3)cc12. The molecule has 1 atom stereocenters. The van der Waals surface area contributed by atoms with Crippen LogP contribution < -0.4 is 5.32 Å². The second-order valence-electron chi connectivity index (χ2n) is 5.82. The number of thioether (sulfide) groups is 1. The Balaban J connectivity index is 1.92. The van der Waals surface area contributed by atoms with Gasteiger partial charge in [0.1, 0.15) is 15.7 Å². The fourth-order valence-corrected chi connectivity index (χ4v) is 4.58. The average molecular weight is 372 g/mol. The molecule has 2 aromatic heterocycles. The maximum atomic E-state index is 12.2. The number of rotatable bonds is 6. The summed E-state index contributed by atoms with van der Waals surface area (Å²) in [5.74, 6) is 0.785. The Morgan fingerprint density at radius 2 is 2.04 bits per heavy atom. The lowest BCUT2D eigenvalue weighted by Gasteiger charge is -2.11. The lowest BCUT2D eigenvalue weighted by Crippen LogP contribution is -2.31. The molecule has 1 N–H and O–H groups in total. The predicted molar refractivity (Wildman–Crippen MR) is 106 cm³/mol. The monoisotopic (exact) mass is 371 g/mol. The van der Waals surface area contributed by atoms with Crippen molar-refractivity contribution in [3.63, 3.8) is 0 Å². The zero-order valence-corrected chi connectivity index (χ0v) is 16.2. The molecule has 0 saturated carbocycles. The van der Waals surface area contributed by atoms with E-state index >= 15 is 0 Å². The fourth-order valence-electron chi connectivity index (χ4n) is 2.44. The first kappa shape index (κ1) is 17.9. The molecular weight excluding hydrogens is 350 g/mol. The number of carbonyl (C=O) groups excluding carboxylic acids is 1. The minimum Gasteiger partial charge on any atom is -0.355 e. The Morgan fingerprint density at radius 1 is 1.28 bits per heavy atom. The number of thiophene rings is 1. The Kier molecular flexibility index (Phi) is 5.71. The van der Waals surface area contributed by atoms with Crippen LogP contribution in [0.5, 0.6) is 0 Å². The van der Waals surface area contributed by atoms with Crippen LogP contribution in [0.15, 0.2) is 41.4 Å². The highest BCUT2D eigenvalue weighted by molar-refractivity contribution is 8.00. The van der Waals surface area contributed by atoms with Crippen molar-refractivity contribution >= 4 is 39.2 Å². The fraction of sp³-hybridized carbons (Fsp3) is 0.316. The van der Waals surface area contributed by atoms with Crippen molar-refractivity contribution in [2.45, 2.75) is 37.5 Å². The second-order valence-corrected chi connectivity index (χ2v) is 8.18. The molecule has 2 heterocycles. The van der Waals surface area contributed by atoms with Gasteiger partial charge in [-0.15, -0.1) is 11.3 Å². The van der Waals surface area contributed by atoms with Gasteiger partial charge in [0.15, 0.2) is 0 Å². The molecule has 0 radical (unpaired) electrons. The molecule has 1 aromatic carbocycles. The highest BCUT2D eigenvalue weighted by atomic mass is 32.2. The van der Waals surface area contributed by atoms with E-state index in [1.54, 1.807) is 11.3 Å². The summed E-state index contributed by atoms with van der Waals surface area (Å²) >= 11 is 3.16. The maximum absolute atomic E-state index is 12.2. The first-order valence-electron chi connectivity index (χ1n) is 8.36. The summed E-state index contributed by atoms with van der Waals surface area (Å²) in [6.07, 6.45) is 0.935. The van der Waals surface area contributed by atoms with Gasteiger partial charge < -0.3 is 5.32 Å². The van der Waals surface area contributed by atoms with Gasteiger partial charge in [-0.3, -0.25) is 4.79 Å². The quantitative estimate of drug-likeness (QED) is 0.505. The summed E-state index contributed by atoms with van der Waals surface area (Å²) in [6, 6.07) is 12.4. The number of hydrogen-bond acceptors (Lipinski definition) is 5. The van der Waals surface area contributed by atoms with Gasteiger partial charge in [-0.1, -0.05) is 49.0 Å². The standard InChI is InChI=1S/C19H21N3OS2/c1-4-10-20-17(23)12(2)24-18-15-11-16(14-8-6-5-7-9-14)25-19(15)22-13(3)21-18/h5-9,11-12H,4,10H2,1-3H3,(H,20,23)/t12-/m1/s1. The first-order chi connectivity index (χ1) is 12.1. The summed E-state index contributed by atoms with van der Waals surface area (Å²) in [5.41, 5.74) is 1.17. The molecule has 0 saturated heterocycles. The second kappa shape index (κ2) is 7.97. The molecule has 3 aromatic rings. The number of benzene rings is 1. The molecule has 6 heteroatoms. The Morgan fingerprint density at radius 3 is 2.76 bits per heavy atom. The van der Waals surface area contributed by atoms with E-state index in [1.165, 1.54) is 22.2 Å².